The number of aliphatic hydroxyl groups is 2. The van der Waals surface area contributed by atoms with Crippen LogP contribution in [0, 0.1) is 28.1 Å². The molecule has 1 spiro atoms. The minimum Gasteiger partial charge on any atom is -0.493 e. The zero-order chi connectivity index (χ0) is 24.9. The highest BCUT2D eigenvalue weighted by atomic mass is 17.1. The van der Waals surface area contributed by atoms with E-state index in [0.29, 0.717) is 17.9 Å². The van der Waals surface area contributed by atoms with E-state index in [2.05, 4.69) is 27.7 Å². The number of hydrogen-bond acceptors (Lipinski definition) is 7. The SMILES string of the molecule is COC1=CC(C)=C2OC3(CC2(OO)C1=O)C(O)CCC1C2(C)CCC(O)C(C)(C)C2CCC13C. The van der Waals surface area contributed by atoms with Gasteiger partial charge < -0.3 is 19.7 Å². The first-order chi connectivity index (χ1) is 15.8. The third kappa shape index (κ3) is 2.65. The summed E-state index contributed by atoms with van der Waals surface area (Å²) in [7, 11) is 1.42. The summed E-state index contributed by atoms with van der Waals surface area (Å²) in [4.78, 5) is 18.4. The Hall–Kier alpha value is -1.41. The lowest BCUT2D eigenvalue weighted by molar-refractivity contribution is -0.304. The van der Waals surface area contributed by atoms with Crippen molar-refractivity contribution in [2.75, 3.05) is 7.11 Å². The maximum atomic E-state index is 13.4. The summed E-state index contributed by atoms with van der Waals surface area (Å²) in [5.41, 5.74) is -2.80. The molecule has 0 aromatic rings. The maximum absolute atomic E-state index is 13.4. The number of carbonyl (C=O) groups excluding carboxylic acids is 1. The van der Waals surface area contributed by atoms with Crippen LogP contribution in [0.25, 0.3) is 0 Å². The van der Waals surface area contributed by atoms with Crippen molar-refractivity contribution in [2.24, 2.45) is 28.1 Å². The zero-order valence-corrected chi connectivity index (χ0v) is 21.3. The van der Waals surface area contributed by atoms with Crippen LogP contribution < -0.4 is 0 Å². The Morgan fingerprint density at radius 1 is 1.00 bits per heavy atom. The fourth-order valence-corrected chi connectivity index (χ4v) is 9.27. The summed E-state index contributed by atoms with van der Waals surface area (Å²) in [5, 5.41) is 32.5. The number of methoxy groups -OCH3 is 1. The second-order valence-corrected chi connectivity index (χ2v) is 12.7. The van der Waals surface area contributed by atoms with Gasteiger partial charge in [0.05, 0.1) is 19.3 Å². The number of ketones is 1. The van der Waals surface area contributed by atoms with Gasteiger partial charge in [-0.2, -0.15) is 0 Å². The molecule has 0 aromatic carbocycles. The molecule has 1 aliphatic heterocycles. The number of aliphatic hydroxyl groups excluding tert-OH is 2. The molecule has 34 heavy (non-hydrogen) atoms. The Labute approximate surface area is 202 Å². The lowest BCUT2D eigenvalue weighted by atomic mass is 9.37. The summed E-state index contributed by atoms with van der Waals surface area (Å²) < 4.78 is 12.0. The van der Waals surface area contributed by atoms with Crippen molar-refractivity contribution in [1.82, 2.24) is 0 Å². The van der Waals surface area contributed by atoms with E-state index in [4.69, 9.17) is 14.4 Å². The summed E-state index contributed by atoms with van der Waals surface area (Å²) in [6.07, 6.45) is 5.36. The number of carbonyl (C=O) groups is 1. The monoisotopic (exact) mass is 476 g/mol. The largest absolute Gasteiger partial charge is 0.493 e. The Morgan fingerprint density at radius 2 is 1.71 bits per heavy atom. The van der Waals surface area contributed by atoms with Gasteiger partial charge in [-0.1, -0.05) is 27.7 Å². The average Bonchev–Trinajstić information content (AvgIpc) is 3.17. The Morgan fingerprint density at radius 3 is 2.35 bits per heavy atom. The van der Waals surface area contributed by atoms with Crippen molar-refractivity contribution in [1.29, 1.82) is 0 Å². The number of hydrogen-bond donors (Lipinski definition) is 3. The van der Waals surface area contributed by atoms with Gasteiger partial charge in [0, 0.05) is 11.8 Å². The van der Waals surface area contributed by atoms with Gasteiger partial charge in [-0.3, -0.25) is 10.1 Å². The molecule has 1 saturated heterocycles. The molecule has 7 heteroatoms. The number of ether oxygens (including phenoxy) is 2. The molecule has 5 aliphatic rings. The lowest BCUT2D eigenvalue weighted by Gasteiger charge is -2.68. The van der Waals surface area contributed by atoms with Crippen molar-refractivity contribution < 1.29 is 34.6 Å². The molecule has 8 unspecified atom stereocenters. The summed E-state index contributed by atoms with van der Waals surface area (Å²) in [6.45, 7) is 10.8. The second kappa shape index (κ2) is 7.31. The first kappa shape index (κ1) is 24.3. The highest BCUT2D eigenvalue weighted by molar-refractivity contribution is 6.04. The smallest absolute Gasteiger partial charge is 0.240 e. The fraction of sp³-hybridized carbons (Fsp3) is 0.815. The van der Waals surface area contributed by atoms with Gasteiger partial charge in [-0.25, -0.2) is 4.89 Å². The van der Waals surface area contributed by atoms with Crippen molar-refractivity contribution in [3.05, 3.63) is 23.2 Å². The first-order valence-electron chi connectivity index (χ1n) is 12.7. The summed E-state index contributed by atoms with van der Waals surface area (Å²) in [6, 6.07) is 0. The molecule has 3 N–H and O–H groups in total. The zero-order valence-electron chi connectivity index (χ0n) is 21.3. The van der Waals surface area contributed by atoms with Gasteiger partial charge in [-0.15, -0.1) is 0 Å². The van der Waals surface area contributed by atoms with Crippen LogP contribution in [0.2, 0.25) is 0 Å². The molecule has 3 saturated carbocycles. The third-order valence-corrected chi connectivity index (χ3v) is 11.1. The standard InChI is InChI=1S/C27H40O7/c1-15-13-16(32-6)21(30)26(34-31)14-27(33-22(15)26)20(29)8-7-18-24(4)11-10-19(28)23(2,3)17(24)9-12-25(18,27)5/h13,17-20,28-29,31H,7-12,14H2,1-6H3. The van der Waals surface area contributed by atoms with E-state index in [9.17, 15) is 20.3 Å². The minimum absolute atomic E-state index is 0.0311. The normalized spacial score (nSPS) is 49.7. The number of allylic oxidation sites excluding steroid dienone is 2. The number of rotatable bonds is 2. The van der Waals surface area contributed by atoms with Crippen LogP contribution in [-0.4, -0.2) is 51.8 Å². The fourth-order valence-electron chi connectivity index (χ4n) is 9.27. The Balaban J connectivity index is 1.62. The van der Waals surface area contributed by atoms with Gasteiger partial charge in [0.1, 0.15) is 11.4 Å². The van der Waals surface area contributed by atoms with E-state index < -0.39 is 28.5 Å². The summed E-state index contributed by atoms with van der Waals surface area (Å²) >= 11 is 0. The van der Waals surface area contributed by atoms with Crippen LogP contribution in [-0.2, 0) is 19.2 Å². The molecule has 0 amide bonds. The van der Waals surface area contributed by atoms with Crippen molar-refractivity contribution in [2.45, 2.75) is 103 Å². The molecule has 1 heterocycles. The van der Waals surface area contributed by atoms with Crippen LogP contribution in [0.4, 0.5) is 0 Å². The van der Waals surface area contributed by atoms with Crippen LogP contribution in [0.15, 0.2) is 23.2 Å². The second-order valence-electron chi connectivity index (χ2n) is 12.7. The van der Waals surface area contributed by atoms with Crippen LogP contribution in [0.5, 0.6) is 0 Å². The Bertz CT molecular complexity index is 968. The average molecular weight is 477 g/mol. The van der Waals surface area contributed by atoms with E-state index >= 15 is 0 Å². The van der Waals surface area contributed by atoms with Gasteiger partial charge in [-0.05, 0) is 79.8 Å². The van der Waals surface area contributed by atoms with Gasteiger partial charge in [0.2, 0.25) is 11.4 Å². The van der Waals surface area contributed by atoms with Gasteiger partial charge >= 0.3 is 0 Å². The Kier molecular flexibility index (Phi) is 5.22. The van der Waals surface area contributed by atoms with Crippen molar-refractivity contribution in [3.8, 4) is 0 Å². The molecule has 0 aromatic heterocycles. The molecular weight excluding hydrogens is 436 g/mol. The van der Waals surface area contributed by atoms with Crippen LogP contribution in [0.3, 0.4) is 0 Å². The van der Waals surface area contributed by atoms with Gasteiger partial charge in [0.25, 0.3) is 0 Å². The van der Waals surface area contributed by atoms with E-state index in [-0.39, 0.29) is 40.8 Å². The van der Waals surface area contributed by atoms with Crippen molar-refractivity contribution in [3.63, 3.8) is 0 Å². The molecule has 0 bridgehead atoms. The molecule has 190 valence electrons. The molecule has 8 atom stereocenters. The van der Waals surface area contributed by atoms with Crippen LogP contribution >= 0.6 is 0 Å². The maximum Gasteiger partial charge on any atom is 0.240 e. The molecule has 0 radical (unpaired) electrons. The minimum atomic E-state index is -1.71. The van der Waals surface area contributed by atoms with Gasteiger partial charge in [0.15, 0.2) is 5.76 Å². The molecule has 7 nitrogen and oxygen atoms in total. The molecule has 4 fully saturated rings. The highest BCUT2D eigenvalue weighted by Gasteiger charge is 2.75. The highest BCUT2D eigenvalue weighted by Crippen LogP contribution is 2.72. The predicted molar refractivity (Wildman–Crippen MR) is 124 cm³/mol. The van der Waals surface area contributed by atoms with E-state index in [1.807, 2.05) is 6.92 Å². The van der Waals surface area contributed by atoms with E-state index in [1.165, 1.54) is 7.11 Å². The topological polar surface area (TPSA) is 105 Å². The van der Waals surface area contributed by atoms with E-state index in [1.54, 1.807) is 6.08 Å². The molecule has 5 rings (SSSR count). The first-order valence-corrected chi connectivity index (χ1v) is 12.7. The quantitative estimate of drug-likeness (QED) is 0.406. The predicted octanol–water partition coefficient (Wildman–Crippen LogP) is 4.14. The number of Topliss-reactive ketones (excluding diaryl/α,β-unsaturated/α-hetero) is 1. The van der Waals surface area contributed by atoms with Crippen molar-refractivity contribution >= 4 is 5.78 Å². The molecular formula is C27H40O7. The summed E-state index contributed by atoms with van der Waals surface area (Å²) in [5.74, 6) is 0.505. The van der Waals surface area contributed by atoms with Crippen LogP contribution in [0.1, 0.15) is 79.6 Å². The number of fused-ring (bicyclic) bond motifs is 5. The third-order valence-electron chi connectivity index (χ3n) is 11.1. The lowest BCUT2D eigenvalue weighted by Crippen LogP contribution is -2.69. The van der Waals surface area contributed by atoms with E-state index in [0.717, 1.165) is 32.1 Å². The molecule has 4 aliphatic carbocycles.